The molecule has 4 heteroatoms. The first-order valence-corrected chi connectivity index (χ1v) is 7.05. The number of rotatable bonds is 4. The van der Waals surface area contributed by atoms with E-state index in [9.17, 15) is 0 Å². The number of nitrogens with zero attached hydrogens (tertiary/aromatic N) is 1. The van der Waals surface area contributed by atoms with Crippen molar-refractivity contribution in [2.24, 2.45) is 5.73 Å². The molecular weight excluding hydrogens is 240 g/mol. The monoisotopic (exact) mass is 262 g/mol. The Morgan fingerprint density at radius 1 is 1.42 bits per heavy atom. The molecule has 1 saturated heterocycles. The van der Waals surface area contributed by atoms with Crippen LogP contribution in [0.4, 0.5) is 0 Å². The molecule has 1 aromatic carbocycles. The van der Waals surface area contributed by atoms with Gasteiger partial charge in [0.05, 0.1) is 24.9 Å². The Morgan fingerprint density at radius 2 is 2.26 bits per heavy atom. The summed E-state index contributed by atoms with van der Waals surface area (Å²) < 4.78 is 11.6. The van der Waals surface area contributed by atoms with E-state index in [4.69, 9.17) is 15.2 Å². The number of morpholine rings is 1. The Labute approximate surface area is 114 Å². The standard InChI is InChI=1S/C15H22N2O2/c1-17-7-8-18-14(10-17)15(16)11-3-2-4-13(9-11)19-12-5-6-12/h2-4,9,12,14-15H,5-8,10,16H2,1H3. The van der Waals surface area contributed by atoms with Gasteiger partial charge in [-0.1, -0.05) is 12.1 Å². The van der Waals surface area contributed by atoms with Gasteiger partial charge in [-0.2, -0.15) is 0 Å². The molecular formula is C15H22N2O2. The van der Waals surface area contributed by atoms with Crippen LogP contribution in [-0.4, -0.2) is 43.9 Å². The average Bonchev–Trinajstić information content (AvgIpc) is 3.22. The molecule has 19 heavy (non-hydrogen) atoms. The van der Waals surface area contributed by atoms with E-state index in [1.807, 2.05) is 12.1 Å². The first kappa shape index (κ1) is 12.9. The SMILES string of the molecule is CN1CCOC(C(N)c2cccc(OC3CC3)c2)C1. The van der Waals surface area contributed by atoms with E-state index in [1.54, 1.807) is 0 Å². The first-order valence-electron chi connectivity index (χ1n) is 7.05. The third-order valence-electron chi connectivity index (χ3n) is 3.77. The van der Waals surface area contributed by atoms with Crippen molar-refractivity contribution in [1.29, 1.82) is 0 Å². The minimum absolute atomic E-state index is 0.0647. The predicted molar refractivity (Wildman–Crippen MR) is 74.3 cm³/mol. The lowest BCUT2D eigenvalue weighted by Gasteiger charge is -2.33. The maximum Gasteiger partial charge on any atom is 0.120 e. The molecule has 1 aliphatic carbocycles. The fourth-order valence-corrected chi connectivity index (χ4v) is 2.42. The van der Waals surface area contributed by atoms with Crippen LogP contribution in [0.5, 0.6) is 5.75 Å². The smallest absolute Gasteiger partial charge is 0.120 e. The van der Waals surface area contributed by atoms with Gasteiger partial charge >= 0.3 is 0 Å². The summed E-state index contributed by atoms with van der Waals surface area (Å²) in [6.07, 6.45) is 2.83. The van der Waals surface area contributed by atoms with Crippen molar-refractivity contribution in [2.75, 3.05) is 26.7 Å². The average molecular weight is 262 g/mol. The minimum atomic E-state index is -0.0921. The van der Waals surface area contributed by atoms with E-state index in [0.29, 0.717) is 6.10 Å². The van der Waals surface area contributed by atoms with Crippen LogP contribution in [0.15, 0.2) is 24.3 Å². The zero-order chi connectivity index (χ0) is 13.2. The van der Waals surface area contributed by atoms with E-state index in [1.165, 1.54) is 12.8 Å². The topological polar surface area (TPSA) is 47.7 Å². The quantitative estimate of drug-likeness (QED) is 0.894. The van der Waals surface area contributed by atoms with Gasteiger partial charge in [-0.15, -0.1) is 0 Å². The second-order valence-electron chi connectivity index (χ2n) is 5.59. The molecule has 1 aromatic rings. The molecule has 2 atom stereocenters. The molecule has 2 aliphatic rings. The molecule has 1 heterocycles. The number of hydrogen-bond donors (Lipinski definition) is 1. The van der Waals surface area contributed by atoms with Crippen molar-refractivity contribution in [3.05, 3.63) is 29.8 Å². The molecule has 2 N–H and O–H groups in total. The molecule has 0 amide bonds. The van der Waals surface area contributed by atoms with Crippen LogP contribution < -0.4 is 10.5 Å². The van der Waals surface area contributed by atoms with Gasteiger partial charge in [0, 0.05) is 13.1 Å². The van der Waals surface area contributed by atoms with Gasteiger partial charge < -0.3 is 20.1 Å². The van der Waals surface area contributed by atoms with Crippen molar-refractivity contribution in [2.45, 2.75) is 31.1 Å². The van der Waals surface area contributed by atoms with Crippen molar-refractivity contribution in [1.82, 2.24) is 4.90 Å². The highest BCUT2D eigenvalue weighted by atomic mass is 16.5. The van der Waals surface area contributed by atoms with Crippen molar-refractivity contribution < 1.29 is 9.47 Å². The number of benzene rings is 1. The lowest BCUT2D eigenvalue weighted by atomic mass is 10.0. The molecule has 3 rings (SSSR count). The lowest BCUT2D eigenvalue weighted by molar-refractivity contribution is -0.0326. The summed E-state index contributed by atoms with van der Waals surface area (Å²) in [5.41, 5.74) is 7.44. The summed E-state index contributed by atoms with van der Waals surface area (Å²) in [5.74, 6) is 0.930. The molecule has 2 fully saturated rings. The van der Waals surface area contributed by atoms with E-state index in [-0.39, 0.29) is 12.1 Å². The van der Waals surface area contributed by atoms with Gasteiger partial charge in [0.15, 0.2) is 0 Å². The number of nitrogens with two attached hydrogens (primary N) is 1. The zero-order valence-corrected chi connectivity index (χ0v) is 11.4. The third kappa shape index (κ3) is 3.26. The van der Waals surface area contributed by atoms with Crippen molar-refractivity contribution in [3.63, 3.8) is 0 Å². The molecule has 1 aliphatic heterocycles. The van der Waals surface area contributed by atoms with Crippen LogP contribution in [0.3, 0.4) is 0 Å². The maximum atomic E-state index is 6.34. The molecule has 0 bridgehead atoms. The van der Waals surface area contributed by atoms with E-state index >= 15 is 0 Å². The Morgan fingerprint density at radius 3 is 3.00 bits per heavy atom. The fourth-order valence-electron chi connectivity index (χ4n) is 2.42. The molecule has 0 radical (unpaired) electrons. The number of likely N-dealkylation sites (N-methyl/N-ethyl adjacent to an activating group) is 1. The van der Waals surface area contributed by atoms with E-state index in [2.05, 4.69) is 24.1 Å². The number of hydrogen-bond acceptors (Lipinski definition) is 4. The predicted octanol–water partition coefficient (Wildman–Crippen LogP) is 1.56. The number of ether oxygens (including phenoxy) is 2. The van der Waals surface area contributed by atoms with Crippen LogP contribution in [0.1, 0.15) is 24.4 Å². The highest BCUT2D eigenvalue weighted by Gasteiger charge is 2.26. The zero-order valence-electron chi connectivity index (χ0n) is 11.4. The highest BCUT2D eigenvalue weighted by Crippen LogP contribution is 2.29. The Hall–Kier alpha value is -1.10. The van der Waals surface area contributed by atoms with Gasteiger partial charge in [-0.3, -0.25) is 0 Å². The largest absolute Gasteiger partial charge is 0.490 e. The Balaban J connectivity index is 1.69. The second kappa shape index (κ2) is 5.49. The summed E-state index contributed by atoms with van der Waals surface area (Å²) in [6, 6.07) is 8.04. The first-order chi connectivity index (χ1) is 9.22. The summed E-state index contributed by atoms with van der Waals surface area (Å²) >= 11 is 0. The molecule has 0 aromatic heterocycles. The molecule has 104 valence electrons. The normalized spacial score (nSPS) is 26.1. The van der Waals surface area contributed by atoms with Gasteiger partial charge in [-0.25, -0.2) is 0 Å². The van der Waals surface area contributed by atoms with Gasteiger partial charge in [0.1, 0.15) is 5.75 Å². The van der Waals surface area contributed by atoms with Crippen LogP contribution in [0.25, 0.3) is 0 Å². The summed E-state index contributed by atoms with van der Waals surface area (Å²) in [5, 5.41) is 0. The van der Waals surface area contributed by atoms with Crippen LogP contribution >= 0.6 is 0 Å². The maximum absolute atomic E-state index is 6.34. The van der Waals surface area contributed by atoms with Crippen LogP contribution in [0.2, 0.25) is 0 Å². The fraction of sp³-hybridized carbons (Fsp3) is 0.600. The van der Waals surface area contributed by atoms with Gasteiger partial charge in [-0.05, 0) is 37.6 Å². The molecule has 2 unspecified atom stereocenters. The Bertz CT molecular complexity index is 434. The lowest BCUT2D eigenvalue weighted by Crippen LogP contribution is -2.45. The highest BCUT2D eigenvalue weighted by molar-refractivity contribution is 5.31. The van der Waals surface area contributed by atoms with Gasteiger partial charge in [0.2, 0.25) is 0 Å². The second-order valence-corrected chi connectivity index (χ2v) is 5.59. The van der Waals surface area contributed by atoms with Crippen LogP contribution in [0, 0.1) is 0 Å². The van der Waals surface area contributed by atoms with E-state index < -0.39 is 0 Å². The third-order valence-corrected chi connectivity index (χ3v) is 3.77. The molecule has 0 spiro atoms. The van der Waals surface area contributed by atoms with E-state index in [0.717, 1.165) is 31.0 Å². The summed E-state index contributed by atoms with van der Waals surface area (Å²) in [6.45, 7) is 2.62. The van der Waals surface area contributed by atoms with Crippen molar-refractivity contribution >= 4 is 0 Å². The summed E-state index contributed by atoms with van der Waals surface area (Å²) in [7, 11) is 2.11. The minimum Gasteiger partial charge on any atom is -0.490 e. The molecule has 1 saturated carbocycles. The Kier molecular flexibility index (Phi) is 3.73. The van der Waals surface area contributed by atoms with Crippen molar-refractivity contribution in [3.8, 4) is 5.75 Å². The summed E-state index contributed by atoms with van der Waals surface area (Å²) in [4.78, 5) is 2.26. The van der Waals surface area contributed by atoms with Gasteiger partial charge in [0.25, 0.3) is 0 Å². The molecule has 4 nitrogen and oxygen atoms in total. The van der Waals surface area contributed by atoms with Crippen LogP contribution in [-0.2, 0) is 4.74 Å².